The molecule has 1 unspecified atom stereocenters. The van der Waals surface area contributed by atoms with E-state index in [9.17, 15) is 14.4 Å². The first kappa shape index (κ1) is 18.7. The number of hydrogen-bond acceptors (Lipinski definition) is 6. The average molecular weight is 393 g/mol. The molecule has 3 aromatic rings. The van der Waals surface area contributed by atoms with Gasteiger partial charge < -0.3 is 19.8 Å². The molecule has 0 radical (unpaired) electrons. The summed E-state index contributed by atoms with van der Waals surface area (Å²) in [5.41, 5.74) is 5.15. The van der Waals surface area contributed by atoms with Crippen molar-refractivity contribution in [1.29, 1.82) is 0 Å². The van der Waals surface area contributed by atoms with Gasteiger partial charge in [-0.15, -0.1) is 0 Å². The summed E-state index contributed by atoms with van der Waals surface area (Å²) in [5, 5.41) is 0.691. The molecule has 2 N–H and O–H groups in total. The van der Waals surface area contributed by atoms with Crippen LogP contribution in [0.5, 0.6) is 5.75 Å². The smallest absolute Gasteiger partial charge is 0.349 e. The molecule has 148 valence electrons. The van der Waals surface area contributed by atoms with E-state index in [-0.39, 0.29) is 23.3 Å². The van der Waals surface area contributed by atoms with Crippen LogP contribution in [0.25, 0.3) is 11.0 Å². The van der Waals surface area contributed by atoms with Crippen molar-refractivity contribution in [2.24, 2.45) is 5.73 Å². The Morgan fingerprint density at radius 3 is 2.86 bits per heavy atom. The Balaban J connectivity index is 1.52. The number of hydrogen-bond donors (Lipinski definition) is 1. The van der Waals surface area contributed by atoms with Gasteiger partial charge in [-0.1, -0.05) is 18.2 Å². The van der Waals surface area contributed by atoms with Crippen molar-refractivity contribution in [1.82, 2.24) is 9.88 Å². The fourth-order valence-corrected chi connectivity index (χ4v) is 3.41. The van der Waals surface area contributed by atoms with Crippen molar-refractivity contribution in [2.75, 3.05) is 13.1 Å². The number of nitrogens with zero attached hydrogens (tertiary/aromatic N) is 2. The van der Waals surface area contributed by atoms with E-state index in [4.69, 9.17) is 14.9 Å². The molecule has 0 saturated carbocycles. The number of likely N-dealkylation sites (tertiary alicyclic amines) is 1. The third-order valence-electron chi connectivity index (χ3n) is 4.82. The largest absolute Gasteiger partial charge is 0.488 e. The molecule has 1 atom stereocenters. The normalized spacial score (nSPS) is 16.6. The Bertz CT molecular complexity index is 1140. The summed E-state index contributed by atoms with van der Waals surface area (Å²) in [6, 6.07) is 11.7. The van der Waals surface area contributed by atoms with E-state index in [1.165, 1.54) is 12.3 Å². The summed E-state index contributed by atoms with van der Waals surface area (Å²) >= 11 is 0. The fraction of sp³-hybridized carbons (Fsp3) is 0.238. The number of pyridine rings is 1. The Morgan fingerprint density at radius 2 is 2.03 bits per heavy atom. The number of aromatic nitrogens is 1. The lowest BCUT2D eigenvalue weighted by atomic mass is 10.1. The van der Waals surface area contributed by atoms with E-state index in [0.29, 0.717) is 29.8 Å². The summed E-state index contributed by atoms with van der Waals surface area (Å²) in [6.45, 7) is 0.840. The molecule has 4 rings (SSSR count). The SMILES string of the molecule is NC(=O)c1cc(OC2CCCN(C(=O)c3cc4ccccc4oc3=O)C2)ccn1. The number of para-hydroxylation sites is 1. The minimum atomic E-state index is -0.656. The maximum Gasteiger partial charge on any atom is 0.349 e. The van der Waals surface area contributed by atoms with Gasteiger partial charge in [-0.05, 0) is 31.0 Å². The number of rotatable bonds is 4. The van der Waals surface area contributed by atoms with Crippen molar-refractivity contribution in [3.63, 3.8) is 0 Å². The molecule has 1 saturated heterocycles. The first-order chi connectivity index (χ1) is 14.0. The number of ether oxygens (including phenoxy) is 1. The highest BCUT2D eigenvalue weighted by Crippen LogP contribution is 2.21. The molecular formula is C21H19N3O5. The highest BCUT2D eigenvalue weighted by Gasteiger charge is 2.28. The van der Waals surface area contributed by atoms with Crippen LogP contribution in [0.1, 0.15) is 33.7 Å². The number of carbonyl (C=O) groups is 2. The van der Waals surface area contributed by atoms with Gasteiger partial charge in [0.25, 0.3) is 11.8 Å². The summed E-state index contributed by atoms with van der Waals surface area (Å²) in [6.07, 6.45) is 2.64. The molecule has 1 aromatic carbocycles. The van der Waals surface area contributed by atoms with Crippen molar-refractivity contribution >= 4 is 22.8 Å². The number of carbonyl (C=O) groups excluding carboxylic acids is 2. The predicted molar refractivity (Wildman–Crippen MR) is 105 cm³/mol. The molecule has 8 nitrogen and oxygen atoms in total. The van der Waals surface area contributed by atoms with Gasteiger partial charge in [0, 0.05) is 24.2 Å². The monoisotopic (exact) mass is 393 g/mol. The lowest BCUT2D eigenvalue weighted by molar-refractivity contribution is 0.0534. The number of piperidine rings is 1. The van der Waals surface area contributed by atoms with Crippen molar-refractivity contribution < 1.29 is 18.7 Å². The van der Waals surface area contributed by atoms with Crippen LogP contribution in [0.15, 0.2) is 57.9 Å². The minimum absolute atomic E-state index is 0.00396. The quantitative estimate of drug-likeness (QED) is 0.678. The summed E-state index contributed by atoms with van der Waals surface area (Å²) in [7, 11) is 0. The standard InChI is InChI=1S/C21H19N3O5/c22-19(25)17-11-14(7-8-23-17)28-15-5-3-9-24(12-15)20(26)16-10-13-4-1-2-6-18(13)29-21(16)27/h1-2,4,6-8,10-11,15H,3,5,9,12H2,(H2,22,25). The van der Waals surface area contributed by atoms with Gasteiger partial charge in [-0.2, -0.15) is 0 Å². The van der Waals surface area contributed by atoms with E-state index in [1.807, 2.05) is 6.07 Å². The predicted octanol–water partition coefficient (Wildman–Crippen LogP) is 1.97. The van der Waals surface area contributed by atoms with Crippen LogP contribution in [0.2, 0.25) is 0 Å². The summed E-state index contributed by atoms with van der Waals surface area (Å²) < 4.78 is 11.2. The van der Waals surface area contributed by atoms with Crippen LogP contribution in [-0.4, -0.2) is 40.9 Å². The van der Waals surface area contributed by atoms with E-state index in [1.54, 1.807) is 35.2 Å². The van der Waals surface area contributed by atoms with Gasteiger partial charge >= 0.3 is 5.63 Å². The van der Waals surface area contributed by atoms with Crippen LogP contribution in [0.4, 0.5) is 0 Å². The molecule has 1 aliphatic rings. The second-order valence-electron chi connectivity index (χ2n) is 6.86. The molecule has 1 aliphatic heterocycles. The van der Waals surface area contributed by atoms with Crippen molar-refractivity contribution in [3.8, 4) is 5.75 Å². The van der Waals surface area contributed by atoms with Crippen molar-refractivity contribution in [3.05, 3.63) is 70.3 Å². The van der Waals surface area contributed by atoms with Crippen LogP contribution in [0, 0.1) is 0 Å². The van der Waals surface area contributed by atoms with Gasteiger partial charge in [0.15, 0.2) is 0 Å². The number of amides is 2. The molecule has 2 amide bonds. The van der Waals surface area contributed by atoms with E-state index in [2.05, 4.69) is 4.98 Å². The Morgan fingerprint density at radius 1 is 1.21 bits per heavy atom. The third kappa shape index (κ3) is 3.96. The van der Waals surface area contributed by atoms with E-state index < -0.39 is 11.5 Å². The molecule has 0 spiro atoms. The van der Waals surface area contributed by atoms with E-state index >= 15 is 0 Å². The average Bonchev–Trinajstić information content (AvgIpc) is 2.73. The number of fused-ring (bicyclic) bond motifs is 1. The fourth-order valence-electron chi connectivity index (χ4n) is 3.41. The van der Waals surface area contributed by atoms with Crippen LogP contribution in [-0.2, 0) is 0 Å². The Kier molecular flexibility index (Phi) is 4.99. The molecular weight excluding hydrogens is 374 g/mol. The first-order valence-electron chi connectivity index (χ1n) is 9.26. The molecule has 3 heterocycles. The maximum atomic E-state index is 12.9. The Labute approximate surface area is 165 Å². The van der Waals surface area contributed by atoms with Crippen molar-refractivity contribution in [2.45, 2.75) is 18.9 Å². The number of primary amides is 1. The first-order valence-corrected chi connectivity index (χ1v) is 9.26. The van der Waals surface area contributed by atoms with Gasteiger partial charge in [0.2, 0.25) is 0 Å². The topological polar surface area (TPSA) is 116 Å². The molecule has 0 aliphatic carbocycles. The molecule has 0 bridgehead atoms. The lowest BCUT2D eigenvalue weighted by Gasteiger charge is -2.32. The molecule has 29 heavy (non-hydrogen) atoms. The number of benzene rings is 1. The second kappa shape index (κ2) is 7.75. The zero-order chi connectivity index (χ0) is 20.4. The number of nitrogens with two attached hydrogens (primary N) is 1. The molecule has 2 aromatic heterocycles. The van der Waals surface area contributed by atoms with Gasteiger partial charge in [0.05, 0.1) is 6.54 Å². The third-order valence-corrected chi connectivity index (χ3v) is 4.82. The molecule has 8 heteroatoms. The highest BCUT2D eigenvalue weighted by atomic mass is 16.5. The van der Waals surface area contributed by atoms with E-state index in [0.717, 1.165) is 12.8 Å². The Hall–Kier alpha value is -3.68. The lowest BCUT2D eigenvalue weighted by Crippen LogP contribution is -2.45. The van der Waals surface area contributed by atoms with Gasteiger partial charge in [0.1, 0.15) is 28.7 Å². The second-order valence-corrected chi connectivity index (χ2v) is 6.86. The minimum Gasteiger partial charge on any atom is -0.488 e. The van der Waals surface area contributed by atoms with Crippen LogP contribution < -0.4 is 16.1 Å². The maximum absolute atomic E-state index is 12.9. The van der Waals surface area contributed by atoms with Crippen LogP contribution >= 0.6 is 0 Å². The molecule has 1 fully saturated rings. The summed E-state index contributed by atoms with van der Waals surface area (Å²) in [4.78, 5) is 42.0. The highest BCUT2D eigenvalue weighted by molar-refractivity contribution is 5.96. The van der Waals surface area contributed by atoms with Gasteiger partial charge in [-0.3, -0.25) is 14.6 Å². The summed E-state index contributed by atoms with van der Waals surface area (Å²) in [5.74, 6) is -0.567. The zero-order valence-electron chi connectivity index (χ0n) is 15.5. The van der Waals surface area contributed by atoms with Crippen LogP contribution in [0.3, 0.4) is 0 Å². The zero-order valence-corrected chi connectivity index (χ0v) is 15.5. The van der Waals surface area contributed by atoms with Gasteiger partial charge in [-0.25, -0.2) is 4.79 Å².